The quantitative estimate of drug-likeness (QED) is 0.358. The van der Waals surface area contributed by atoms with Crippen LogP contribution < -0.4 is 21.5 Å². The molecule has 0 aromatic carbocycles. The Bertz CT molecular complexity index is 477. The molecule has 0 spiro atoms. The van der Waals surface area contributed by atoms with E-state index in [0.717, 1.165) is 0 Å². The van der Waals surface area contributed by atoms with Crippen LogP contribution in [0.3, 0.4) is 0 Å². The van der Waals surface area contributed by atoms with Crippen molar-refractivity contribution in [2.75, 3.05) is 16.9 Å². The minimum Gasteiger partial charge on any atom is -0.335 e. The van der Waals surface area contributed by atoms with Crippen molar-refractivity contribution in [3.05, 3.63) is 12.3 Å². The largest absolute Gasteiger partial charge is 0.335 e. The number of carbonyl (C=O) groups excluding carboxylic acids is 2. The first kappa shape index (κ1) is 12.2. The lowest BCUT2D eigenvalue weighted by atomic mass is 10.1. The maximum absolute atomic E-state index is 11.7. The molecule has 1 unspecified atom stereocenters. The van der Waals surface area contributed by atoms with E-state index >= 15 is 0 Å². The smallest absolute Gasteiger partial charge is 0.249 e. The SMILES string of the molecule is CCC1C(=O)NC(=O)CN1c1ccnc(NN)n1. The normalized spacial score (nSPS) is 19.7. The van der Waals surface area contributed by atoms with E-state index in [-0.39, 0.29) is 24.3 Å². The van der Waals surface area contributed by atoms with Gasteiger partial charge in [-0.25, -0.2) is 10.8 Å². The van der Waals surface area contributed by atoms with Crippen LogP contribution in [0.1, 0.15) is 13.3 Å². The maximum atomic E-state index is 11.7. The molecule has 8 nitrogen and oxygen atoms in total. The van der Waals surface area contributed by atoms with Crippen LogP contribution >= 0.6 is 0 Å². The number of nitrogen functional groups attached to an aromatic ring is 1. The lowest BCUT2D eigenvalue weighted by Crippen LogP contribution is -2.58. The number of nitrogens with zero attached hydrogens (tertiary/aromatic N) is 3. The van der Waals surface area contributed by atoms with Gasteiger partial charge >= 0.3 is 0 Å². The highest BCUT2D eigenvalue weighted by molar-refractivity contribution is 6.04. The van der Waals surface area contributed by atoms with Gasteiger partial charge in [0.1, 0.15) is 11.9 Å². The van der Waals surface area contributed by atoms with Crippen molar-refractivity contribution in [3.8, 4) is 0 Å². The third kappa shape index (κ3) is 2.23. The van der Waals surface area contributed by atoms with E-state index in [4.69, 9.17) is 5.84 Å². The van der Waals surface area contributed by atoms with Crippen LogP contribution in [0, 0.1) is 0 Å². The van der Waals surface area contributed by atoms with Crippen LogP contribution in [0.15, 0.2) is 12.3 Å². The molecule has 1 aliphatic rings. The van der Waals surface area contributed by atoms with Crippen LogP contribution in [-0.4, -0.2) is 34.4 Å². The summed E-state index contributed by atoms with van der Waals surface area (Å²) in [4.78, 5) is 32.8. The number of hydrogen-bond donors (Lipinski definition) is 3. The molecule has 0 aliphatic carbocycles. The van der Waals surface area contributed by atoms with Crippen LogP contribution in [0.4, 0.5) is 11.8 Å². The van der Waals surface area contributed by atoms with Gasteiger partial charge in [0.05, 0.1) is 6.54 Å². The summed E-state index contributed by atoms with van der Waals surface area (Å²) in [7, 11) is 0. The number of imide groups is 1. The second-order valence-corrected chi connectivity index (χ2v) is 3.85. The minimum absolute atomic E-state index is 0.0886. The van der Waals surface area contributed by atoms with Gasteiger partial charge in [-0.1, -0.05) is 6.92 Å². The predicted molar refractivity (Wildman–Crippen MR) is 64.4 cm³/mol. The fraction of sp³-hybridized carbons (Fsp3) is 0.400. The number of carbonyl (C=O) groups is 2. The van der Waals surface area contributed by atoms with Crippen LogP contribution in [-0.2, 0) is 9.59 Å². The molecule has 2 rings (SSSR count). The highest BCUT2D eigenvalue weighted by Gasteiger charge is 2.33. The summed E-state index contributed by atoms with van der Waals surface area (Å²) in [6.45, 7) is 1.96. The number of hydrazine groups is 1. The van der Waals surface area contributed by atoms with Gasteiger partial charge in [0.2, 0.25) is 17.8 Å². The Morgan fingerprint density at radius 2 is 2.39 bits per heavy atom. The molecule has 0 bridgehead atoms. The molecular formula is C10H14N6O2. The van der Waals surface area contributed by atoms with E-state index in [9.17, 15) is 9.59 Å². The van der Waals surface area contributed by atoms with Gasteiger partial charge in [-0.3, -0.25) is 20.3 Å². The van der Waals surface area contributed by atoms with E-state index in [0.29, 0.717) is 12.2 Å². The molecule has 1 aliphatic heterocycles. The third-order valence-electron chi connectivity index (χ3n) is 2.71. The van der Waals surface area contributed by atoms with Crippen molar-refractivity contribution < 1.29 is 9.59 Å². The summed E-state index contributed by atoms with van der Waals surface area (Å²) >= 11 is 0. The lowest BCUT2D eigenvalue weighted by Gasteiger charge is -2.34. The minimum atomic E-state index is -0.414. The van der Waals surface area contributed by atoms with Crippen molar-refractivity contribution in [2.45, 2.75) is 19.4 Å². The summed E-state index contributed by atoms with van der Waals surface area (Å²) in [6, 6.07) is 1.22. The first-order chi connectivity index (χ1) is 8.65. The molecule has 0 saturated carbocycles. The molecular weight excluding hydrogens is 236 g/mol. The number of amides is 2. The van der Waals surface area contributed by atoms with E-state index in [1.165, 1.54) is 6.20 Å². The Kier molecular flexibility index (Phi) is 3.38. The second kappa shape index (κ2) is 4.96. The molecule has 8 heteroatoms. The predicted octanol–water partition coefficient (Wildman–Crippen LogP) is -0.996. The molecule has 1 atom stereocenters. The third-order valence-corrected chi connectivity index (χ3v) is 2.71. The molecule has 2 heterocycles. The fourth-order valence-electron chi connectivity index (χ4n) is 1.89. The highest BCUT2D eigenvalue weighted by atomic mass is 16.2. The Morgan fingerprint density at radius 3 is 3.06 bits per heavy atom. The zero-order chi connectivity index (χ0) is 13.1. The first-order valence-electron chi connectivity index (χ1n) is 5.55. The zero-order valence-corrected chi connectivity index (χ0v) is 9.88. The van der Waals surface area contributed by atoms with Gasteiger partial charge in [0.15, 0.2) is 0 Å². The molecule has 18 heavy (non-hydrogen) atoms. The van der Waals surface area contributed by atoms with Gasteiger partial charge < -0.3 is 4.90 Å². The van der Waals surface area contributed by atoms with Gasteiger partial charge in [0.25, 0.3) is 0 Å². The number of hydrogen-bond acceptors (Lipinski definition) is 7. The summed E-state index contributed by atoms with van der Waals surface area (Å²) < 4.78 is 0. The summed E-state index contributed by atoms with van der Waals surface area (Å²) in [5.74, 6) is 5.31. The van der Waals surface area contributed by atoms with Crippen molar-refractivity contribution in [3.63, 3.8) is 0 Å². The van der Waals surface area contributed by atoms with Gasteiger partial charge in [-0.05, 0) is 12.5 Å². The number of rotatable bonds is 3. The summed E-state index contributed by atoms with van der Waals surface area (Å²) in [5.41, 5.74) is 2.33. The highest BCUT2D eigenvalue weighted by Crippen LogP contribution is 2.18. The molecule has 2 amide bonds. The maximum Gasteiger partial charge on any atom is 0.249 e. The van der Waals surface area contributed by atoms with Crippen LogP contribution in [0.5, 0.6) is 0 Å². The summed E-state index contributed by atoms with van der Waals surface area (Å²) in [5, 5.41) is 2.31. The Morgan fingerprint density at radius 1 is 1.61 bits per heavy atom. The topological polar surface area (TPSA) is 113 Å². The molecule has 1 aromatic rings. The van der Waals surface area contributed by atoms with Crippen molar-refractivity contribution in [2.24, 2.45) is 5.84 Å². The lowest BCUT2D eigenvalue weighted by molar-refractivity contribution is -0.132. The van der Waals surface area contributed by atoms with Gasteiger partial charge in [0, 0.05) is 6.20 Å². The van der Waals surface area contributed by atoms with Gasteiger partial charge in [-0.15, -0.1) is 0 Å². The van der Waals surface area contributed by atoms with Gasteiger partial charge in [-0.2, -0.15) is 4.98 Å². The molecule has 1 fully saturated rings. The average Bonchev–Trinajstić information content (AvgIpc) is 2.38. The molecule has 0 radical (unpaired) electrons. The Balaban J connectivity index is 2.33. The van der Waals surface area contributed by atoms with E-state index in [2.05, 4.69) is 20.7 Å². The zero-order valence-electron chi connectivity index (χ0n) is 9.88. The number of nitrogens with two attached hydrogens (primary N) is 1. The van der Waals surface area contributed by atoms with Crippen molar-refractivity contribution in [1.29, 1.82) is 0 Å². The summed E-state index contributed by atoms with van der Waals surface area (Å²) in [6.07, 6.45) is 2.09. The first-order valence-corrected chi connectivity index (χ1v) is 5.55. The monoisotopic (exact) mass is 250 g/mol. The van der Waals surface area contributed by atoms with Crippen LogP contribution in [0.25, 0.3) is 0 Å². The van der Waals surface area contributed by atoms with Crippen LogP contribution in [0.2, 0.25) is 0 Å². The van der Waals surface area contributed by atoms with E-state index < -0.39 is 6.04 Å². The number of anilines is 2. The molecule has 1 aromatic heterocycles. The average molecular weight is 250 g/mol. The number of piperazine rings is 1. The molecule has 1 saturated heterocycles. The van der Waals surface area contributed by atoms with Crippen molar-refractivity contribution in [1.82, 2.24) is 15.3 Å². The second-order valence-electron chi connectivity index (χ2n) is 3.85. The van der Waals surface area contributed by atoms with Crippen molar-refractivity contribution >= 4 is 23.6 Å². The molecule has 96 valence electrons. The standard InChI is InChI=1S/C10H14N6O2/c1-2-6-9(18)14-8(17)5-16(6)7-3-4-12-10(13-7)15-11/h3-4,6H,2,5,11H2,1H3,(H,12,13,15)(H,14,17,18). The number of aromatic nitrogens is 2. The van der Waals surface area contributed by atoms with E-state index in [1.54, 1.807) is 11.0 Å². The fourth-order valence-corrected chi connectivity index (χ4v) is 1.89. The molecule has 4 N–H and O–H groups in total. The van der Waals surface area contributed by atoms with E-state index in [1.807, 2.05) is 6.92 Å². The Labute approximate surface area is 104 Å². The Hall–Kier alpha value is -2.22. The number of nitrogens with one attached hydrogen (secondary N) is 2.